The van der Waals surface area contributed by atoms with Crippen LogP contribution >= 0.6 is 0 Å². The molecule has 1 N–H and O–H groups in total. The van der Waals surface area contributed by atoms with Gasteiger partial charge in [0.1, 0.15) is 0 Å². The molecule has 1 saturated heterocycles. The van der Waals surface area contributed by atoms with Crippen LogP contribution in [0.25, 0.3) is 0 Å². The number of amides is 1. The van der Waals surface area contributed by atoms with Crippen LogP contribution in [-0.2, 0) is 17.6 Å². The zero-order valence-corrected chi connectivity index (χ0v) is 12.9. The average molecular weight is 301 g/mol. The van der Waals surface area contributed by atoms with Gasteiger partial charge < -0.3 is 10.0 Å². The van der Waals surface area contributed by atoms with Gasteiger partial charge in [-0.25, -0.2) is 0 Å². The van der Waals surface area contributed by atoms with Gasteiger partial charge in [0.15, 0.2) is 5.78 Å². The van der Waals surface area contributed by atoms with Gasteiger partial charge >= 0.3 is 0 Å². The summed E-state index contributed by atoms with van der Waals surface area (Å²) < 4.78 is 0. The maximum absolute atomic E-state index is 12.3. The second-order valence-electron chi connectivity index (χ2n) is 6.37. The Morgan fingerprint density at radius 2 is 1.82 bits per heavy atom. The monoisotopic (exact) mass is 301 g/mol. The van der Waals surface area contributed by atoms with Crippen LogP contribution in [0.3, 0.4) is 0 Å². The molecule has 0 aromatic heterocycles. The van der Waals surface area contributed by atoms with Gasteiger partial charge in [0.25, 0.3) is 0 Å². The van der Waals surface area contributed by atoms with Crippen LogP contribution in [0.5, 0.6) is 0 Å². The molecule has 0 atom stereocenters. The molecule has 3 rings (SSSR count). The quantitative estimate of drug-likeness (QED) is 0.867. The average Bonchev–Trinajstić information content (AvgIpc) is 3.00. The molecule has 0 bridgehead atoms. The van der Waals surface area contributed by atoms with Crippen LogP contribution in [-0.4, -0.2) is 40.9 Å². The predicted octanol–water partition coefficient (Wildman–Crippen LogP) is 2.12. The number of aliphatic hydroxyl groups excluding tert-OH is 1. The minimum Gasteiger partial charge on any atom is -0.393 e. The number of likely N-dealkylation sites (tertiary alicyclic amines) is 1. The van der Waals surface area contributed by atoms with E-state index in [1.165, 1.54) is 17.5 Å². The van der Waals surface area contributed by atoms with Gasteiger partial charge in [0.05, 0.1) is 6.10 Å². The zero-order valence-electron chi connectivity index (χ0n) is 12.9. The van der Waals surface area contributed by atoms with Crippen molar-refractivity contribution in [3.63, 3.8) is 0 Å². The number of carbonyl (C=O) groups excluding carboxylic acids is 2. The lowest BCUT2D eigenvalue weighted by Gasteiger charge is -2.29. The van der Waals surface area contributed by atoms with Crippen LogP contribution in [0, 0.1) is 0 Å². The first-order valence-corrected chi connectivity index (χ1v) is 8.24. The van der Waals surface area contributed by atoms with Gasteiger partial charge in [-0.2, -0.15) is 0 Å². The van der Waals surface area contributed by atoms with E-state index in [4.69, 9.17) is 0 Å². The third-order valence-electron chi connectivity index (χ3n) is 4.80. The fourth-order valence-corrected chi connectivity index (χ4v) is 3.38. The Balaban J connectivity index is 1.53. The highest BCUT2D eigenvalue weighted by Crippen LogP contribution is 2.23. The first-order valence-electron chi connectivity index (χ1n) is 8.24. The fourth-order valence-electron chi connectivity index (χ4n) is 3.38. The summed E-state index contributed by atoms with van der Waals surface area (Å²) in [7, 11) is 0. The number of hydrogen-bond acceptors (Lipinski definition) is 3. The van der Waals surface area contributed by atoms with Crippen LogP contribution in [0.15, 0.2) is 18.2 Å². The van der Waals surface area contributed by atoms with Crippen molar-refractivity contribution in [1.82, 2.24) is 4.90 Å². The Morgan fingerprint density at radius 3 is 2.59 bits per heavy atom. The van der Waals surface area contributed by atoms with Gasteiger partial charge in [-0.05, 0) is 49.3 Å². The van der Waals surface area contributed by atoms with E-state index in [2.05, 4.69) is 6.07 Å². The Bertz CT molecular complexity index is 574. The number of aryl methyl sites for hydroxylation is 2. The third kappa shape index (κ3) is 3.38. The van der Waals surface area contributed by atoms with Crippen LogP contribution in [0.2, 0.25) is 0 Å². The first kappa shape index (κ1) is 15.2. The van der Waals surface area contributed by atoms with Crippen molar-refractivity contribution in [2.45, 2.75) is 51.0 Å². The van der Waals surface area contributed by atoms with E-state index < -0.39 is 0 Å². The minimum atomic E-state index is -0.280. The standard InChI is InChI=1S/C18H23NO3/c20-16-8-10-19(11-9-16)18(22)7-6-17(21)15-5-4-13-2-1-3-14(13)12-15/h4-5,12,16,20H,1-3,6-11H2. The molecule has 4 nitrogen and oxygen atoms in total. The van der Waals surface area contributed by atoms with Crippen LogP contribution in [0.4, 0.5) is 0 Å². The Labute approximate surface area is 131 Å². The van der Waals surface area contributed by atoms with Crippen molar-refractivity contribution in [3.05, 3.63) is 34.9 Å². The number of nitrogens with zero attached hydrogens (tertiary/aromatic N) is 1. The first-order chi connectivity index (χ1) is 10.6. The number of hydrogen-bond donors (Lipinski definition) is 1. The highest BCUT2D eigenvalue weighted by molar-refractivity contribution is 5.98. The molecule has 1 aliphatic carbocycles. The number of fused-ring (bicyclic) bond motifs is 1. The molecule has 0 saturated carbocycles. The van der Waals surface area contributed by atoms with Gasteiger partial charge in [0.2, 0.25) is 5.91 Å². The summed E-state index contributed by atoms with van der Waals surface area (Å²) in [5, 5.41) is 9.46. The molecule has 1 amide bonds. The van der Waals surface area contributed by atoms with E-state index in [1.54, 1.807) is 4.90 Å². The smallest absolute Gasteiger partial charge is 0.223 e. The van der Waals surface area contributed by atoms with E-state index in [0.29, 0.717) is 25.9 Å². The fraction of sp³-hybridized carbons (Fsp3) is 0.556. The maximum Gasteiger partial charge on any atom is 0.223 e. The van der Waals surface area contributed by atoms with E-state index in [0.717, 1.165) is 18.4 Å². The molecule has 1 aromatic rings. The largest absolute Gasteiger partial charge is 0.393 e. The van der Waals surface area contributed by atoms with E-state index in [1.807, 2.05) is 12.1 Å². The van der Waals surface area contributed by atoms with Gasteiger partial charge in [-0.1, -0.05) is 12.1 Å². The molecule has 1 aromatic carbocycles. The molecule has 1 fully saturated rings. The molecule has 22 heavy (non-hydrogen) atoms. The van der Waals surface area contributed by atoms with Crippen molar-refractivity contribution in [3.8, 4) is 0 Å². The Morgan fingerprint density at radius 1 is 1.09 bits per heavy atom. The normalized spacial score (nSPS) is 18.3. The number of Topliss-reactive ketones (excluding diaryl/α,β-unsaturated/α-hetero) is 1. The molecule has 1 heterocycles. The summed E-state index contributed by atoms with van der Waals surface area (Å²) in [4.78, 5) is 26.2. The molecule has 1 aliphatic heterocycles. The van der Waals surface area contributed by atoms with E-state index >= 15 is 0 Å². The predicted molar refractivity (Wildman–Crippen MR) is 83.9 cm³/mol. The Kier molecular flexibility index (Phi) is 4.57. The van der Waals surface area contributed by atoms with Crippen LogP contribution < -0.4 is 0 Å². The van der Waals surface area contributed by atoms with Crippen molar-refractivity contribution in [2.75, 3.05) is 13.1 Å². The number of rotatable bonds is 4. The topological polar surface area (TPSA) is 57.6 Å². The molecular weight excluding hydrogens is 278 g/mol. The summed E-state index contributed by atoms with van der Waals surface area (Å²) in [5.41, 5.74) is 3.39. The Hall–Kier alpha value is -1.68. The lowest BCUT2D eigenvalue weighted by atomic mass is 10.0. The van der Waals surface area contributed by atoms with Crippen molar-refractivity contribution in [2.24, 2.45) is 0 Å². The zero-order chi connectivity index (χ0) is 15.5. The second kappa shape index (κ2) is 6.61. The summed E-state index contributed by atoms with van der Waals surface area (Å²) >= 11 is 0. The highest BCUT2D eigenvalue weighted by atomic mass is 16.3. The summed E-state index contributed by atoms with van der Waals surface area (Å²) in [6.07, 6.45) is 4.90. The molecule has 118 valence electrons. The number of piperidine rings is 1. The minimum absolute atomic E-state index is 0.0291. The van der Waals surface area contributed by atoms with Gasteiger partial charge in [-0.3, -0.25) is 9.59 Å². The number of carbonyl (C=O) groups is 2. The molecule has 2 aliphatic rings. The molecule has 0 unspecified atom stereocenters. The maximum atomic E-state index is 12.3. The molecule has 4 heteroatoms. The summed E-state index contributed by atoms with van der Waals surface area (Å²) in [6.45, 7) is 1.21. The molecular formula is C18H23NO3. The highest BCUT2D eigenvalue weighted by Gasteiger charge is 2.22. The summed E-state index contributed by atoms with van der Waals surface area (Å²) in [5.74, 6) is 0.0847. The van der Waals surface area contributed by atoms with Gasteiger partial charge in [0, 0.05) is 31.5 Å². The lowest BCUT2D eigenvalue weighted by molar-refractivity contribution is -0.133. The summed E-state index contributed by atoms with van der Waals surface area (Å²) in [6, 6.07) is 5.96. The lowest BCUT2D eigenvalue weighted by Crippen LogP contribution is -2.40. The van der Waals surface area contributed by atoms with Crippen LogP contribution in [0.1, 0.15) is 53.6 Å². The second-order valence-corrected chi connectivity index (χ2v) is 6.37. The number of aliphatic hydroxyl groups is 1. The molecule has 0 spiro atoms. The van der Waals surface area contributed by atoms with Crippen molar-refractivity contribution in [1.29, 1.82) is 0 Å². The third-order valence-corrected chi connectivity index (χ3v) is 4.80. The number of benzene rings is 1. The van der Waals surface area contributed by atoms with Crippen molar-refractivity contribution < 1.29 is 14.7 Å². The van der Waals surface area contributed by atoms with Gasteiger partial charge in [-0.15, -0.1) is 0 Å². The number of ketones is 1. The SMILES string of the molecule is O=C(CCC(=O)N1CCC(O)CC1)c1ccc2c(c1)CCC2. The van der Waals surface area contributed by atoms with Crippen molar-refractivity contribution >= 4 is 11.7 Å². The van der Waals surface area contributed by atoms with E-state index in [-0.39, 0.29) is 30.6 Å². The molecule has 0 radical (unpaired) electrons. The van der Waals surface area contributed by atoms with E-state index in [9.17, 15) is 14.7 Å².